The molecule has 1 N–H and O–H groups in total. The van der Waals surface area contributed by atoms with Gasteiger partial charge >= 0.3 is 0 Å². The fourth-order valence-electron chi connectivity index (χ4n) is 2.93. The molecule has 1 atom stereocenters. The number of hydrogen-bond acceptors (Lipinski definition) is 6. The monoisotopic (exact) mass is 329 g/mol. The molecule has 0 fully saturated rings. The minimum Gasteiger partial charge on any atom is -0.443 e. The van der Waals surface area contributed by atoms with E-state index in [9.17, 15) is 0 Å². The number of nitrogens with one attached hydrogen (secondary N) is 1. The minimum atomic E-state index is 0.164. The molecule has 0 saturated heterocycles. The second kappa shape index (κ2) is 5.22. The lowest BCUT2D eigenvalue weighted by molar-refractivity contribution is 0.592. The van der Waals surface area contributed by atoms with Gasteiger partial charge in [0.05, 0.1) is 6.20 Å². The lowest BCUT2D eigenvalue weighted by Gasteiger charge is -2.23. The number of hydrogen-bond donors (Lipinski definition) is 1. The average Bonchev–Trinajstić information content (AvgIpc) is 3.26. The molecule has 7 heteroatoms. The van der Waals surface area contributed by atoms with Gasteiger partial charge in [0.15, 0.2) is 23.9 Å². The Hall–Kier alpha value is -3.58. The normalized spacial score (nSPS) is 21.1. The highest BCUT2D eigenvalue weighted by Crippen LogP contribution is 2.30. The lowest BCUT2D eigenvalue weighted by Crippen LogP contribution is -2.44. The van der Waals surface area contributed by atoms with Crippen LogP contribution in [0.1, 0.15) is 0 Å². The van der Waals surface area contributed by atoms with Gasteiger partial charge in [0.25, 0.3) is 11.8 Å². The second-order valence-corrected chi connectivity index (χ2v) is 5.65. The van der Waals surface area contributed by atoms with Gasteiger partial charge in [0.1, 0.15) is 11.7 Å². The van der Waals surface area contributed by atoms with Crippen molar-refractivity contribution in [1.82, 2.24) is 9.58 Å². The van der Waals surface area contributed by atoms with Crippen LogP contribution in [0.4, 0.5) is 11.4 Å². The predicted molar refractivity (Wildman–Crippen MR) is 98.4 cm³/mol. The molecule has 2 aromatic carbocycles. The van der Waals surface area contributed by atoms with E-state index >= 15 is 0 Å². The molecule has 3 aromatic rings. The molecule has 0 bridgehead atoms. The summed E-state index contributed by atoms with van der Waals surface area (Å²) in [7, 11) is 0. The van der Waals surface area contributed by atoms with Gasteiger partial charge < -0.3 is 9.73 Å². The molecule has 3 heterocycles. The van der Waals surface area contributed by atoms with E-state index in [0.717, 1.165) is 22.7 Å². The van der Waals surface area contributed by atoms with Crippen LogP contribution in [0.2, 0.25) is 0 Å². The van der Waals surface area contributed by atoms with Crippen molar-refractivity contribution in [2.75, 3.05) is 5.32 Å². The van der Waals surface area contributed by atoms with Gasteiger partial charge in [0.2, 0.25) is 0 Å². The molecule has 2 aliphatic heterocycles. The zero-order valence-corrected chi connectivity index (χ0v) is 13.1. The number of oxazole rings is 1. The third-order valence-electron chi connectivity index (χ3n) is 4.12. The van der Waals surface area contributed by atoms with E-state index in [-0.39, 0.29) is 4.59 Å². The number of para-hydroxylation sites is 1. The van der Waals surface area contributed by atoms with E-state index < -0.39 is 0 Å². The highest BCUT2D eigenvalue weighted by atomic mass is 16.3. The number of rotatable bonds is 2. The number of nitrogens with zero attached hydrogens (tertiary/aromatic N) is 5. The number of anilines is 1. The molecule has 0 radical (unpaired) electrons. The maximum Gasteiger partial charge on any atom is 0.287 e. The standard InChI is InChI=1S/C18H13N6O/c1-2-4-14(5-3-1)24-9-8-19-11-17(24)22-18(23-24)21-13-6-7-15-16(10-13)25-12-20-15/h1-12H,(H,21,23)/q+1. The third-order valence-corrected chi connectivity index (χ3v) is 4.12. The topological polar surface area (TPSA) is 75.1 Å². The van der Waals surface area contributed by atoms with E-state index in [2.05, 4.69) is 20.3 Å². The summed E-state index contributed by atoms with van der Waals surface area (Å²) in [5.74, 6) is 1.24. The van der Waals surface area contributed by atoms with Gasteiger partial charge in [-0.2, -0.15) is 4.99 Å². The van der Waals surface area contributed by atoms with Gasteiger partial charge in [-0.1, -0.05) is 22.8 Å². The first-order valence-corrected chi connectivity index (χ1v) is 7.78. The lowest BCUT2D eigenvalue weighted by atomic mass is 10.2. The van der Waals surface area contributed by atoms with Gasteiger partial charge in [-0.05, 0) is 17.2 Å². The quantitative estimate of drug-likeness (QED) is 0.731. The maximum atomic E-state index is 5.34. The van der Waals surface area contributed by atoms with Crippen LogP contribution in [0.3, 0.4) is 0 Å². The van der Waals surface area contributed by atoms with E-state index in [1.807, 2.05) is 54.7 Å². The third kappa shape index (κ3) is 2.18. The maximum absolute atomic E-state index is 5.34. The van der Waals surface area contributed by atoms with Crippen LogP contribution in [0.25, 0.3) is 11.1 Å². The van der Waals surface area contributed by atoms with Crippen molar-refractivity contribution in [2.45, 2.75) is 0 Å². The molecular weight excluding hydrogens is 316 g/mol. The van der Waals surface area contributed by atoms with Crippen LogP contribution in [-0.4, -0.2) is 23.0 Å². The Bertz CT molecular complexity index is 1080. The minimum absolute atomic E-state index is 0.164. The Kier molecular flexibility index (Phi) is 2.88. The van der Waals surface area contributed by atoms with Crippen molar-refractivity contribution < 1.29 is 4.42 Å². The van der Waals surface area contributed by atoms with E-state index in [1.165, 1.54) is 6.39 Å². The van der Waals surface area contributed by atoms with Gasteiger partial charge in [-0.25, -0.2) is 4.98 Å². The largest absolute Gasteiger partial charge is 0.443 e. The van der Waals surface area contributed by atoms with Crippen molar-refractivity contribution in [3.8, 4) is 0 Å². The fraction of sp³-hybridized carbons (Fsp3) is 0. The number of fused-ring (bicyclic) bond motifs is 2. The Labute approximate surface area is 142 Å². The number of amidine groups is 1. The fourth-order valence-corrected chi connectivity index (χ4v) is 2.93. The SMILES string of the molecule is C1=C[N+]2(c3ccccc3)N=C(Nc3ccc4ncoc4c3)N=C2C=N1. The van der Waals surface area contributed by atoms with Crippen LogP contribution >= 0.6 is 0 Å². The highest BCUT2D eigenvalue weighted by Gasteiger charge is 2.42. The summed E-state index contributed by atoms with van der Waals surface area (Å²) in [6.07, 6.45) is 6.80. The Morgan fingerprint density at radius 1 is 1.04 bits per heavy atom. The molecule has 0 saturated carbocycles. The van der Waals surface area contributed by atoms with Crippen LogP contribution in [-0.2, 0) is 0 Å². The summed E-state index contributed by atoms with van der Waals surface area (Å²) in [4.78, 5) is 12.9. The molecule has 0 amide bonds. The zero-order valence-electron chi connectivity index (χ0n) is 13.1. The number of quaternary nitrogens is 1. The Morgan fingerprint density at radius 3 is 2.88 bits per heavy atom. The Balaban J connectivity index is 1.55. The summed E-state index contributed by atoms with van der Waals surface area (Å²) in [5, 5.41) is 8.03. The van der Waals surface area contributed by atoms with Gasteiger partial charge in [0, 0.05) is 23.9 Å². The number of benzene rings is 2. The molecular formula is C18H13N6O+. The molecule has 1 aromatic heterocycles. The molecule has 7 nitrogen and oxygen atoms in total. The smallest absolute Gasteiger partial charge is 0.287 e. The van der Waals surface area contributed by atoms with Gasteiger partial charge in [-0.15, -0.1) is 0 Å². The number of aromatic nitrogens is 1. The molecule has 2 aliphatic rings. The van der Waals surface area contributed by atoms with Crippen LogP contribution in [0.15, 0.2) is 86.8 Å². The molecule has 5 rings (SSSR count). The summed E-state index contributed by atoms with van der Waals surface area (Å²) in [6, 6.07) is 15.7. The number of aliphatic imine (C=N–C) groups is 2. The summed E-state index contributed by atoms with van der Waals surface area (Å²) in [5.41, 5.74) is 3.35. The first-order chi connectivity index (χ1) is 12.3. The zero-order chi connectivity index (χ0) is 16.7. The molecule has 1 unspecified atom stereocenters. The molecule has 120 valence electrons. The predicted octanol–water partition coefficient (Wildman–Crippen LogP) is 3.49. The van der Waals surface area contributed by atoms with Crippen molar-refractivity contribution in [3.63, 3.8) is 0 Å². The van der Waals surface area contributed by atoms with Crippen molar-refractivity contribution in [1.29, 1.82) is 0 Å². The van der Waals surface area contributed by atoms with Crippen LogP contribution < -0.4 is 9.91 Å². The van der Waals surface area contributed by atoms with Crippen molar-refractivity contribution >= 4 is 40.5 Å². The van der Waals surface area contributed by atoms with Crippen LogP contribution in [0.5, 0.6) is 0 Å². The summed E-state index contributed by atoms with van der Waals surface area (Å²) >= 11 is 0. The summed E-state index contributed by atoms with van der Waals surface area (Å²) < 4.78 is 5.51. The van der Waals surface area contributed by atoms with Crippen molar-refractivity contribution in [3.05, 3.63) is 67.3 Å². The molecule has 0 spiro atoms. The van der Waals surface area contributed by atoms with E-state index in [1.54, 1.807) is 12.4 Å². The van der Waals surface area contributed by atoms with Crippen LogP contribution in [0, 0.1) is 0 Å². The van der Waals surface area contributed by atoms with E-state index in [0.29, 0.717) is 11.5 Å². The summed E-state index contributed by atoms with van der Waals surface area (Å²) in [6.45, 7) is 0. The average molecular weight is 329 g/mol. The van der Waals surface area contributed by atoms with Crippen molar-refractivity contribution in [2.24, 2.45) is 15.1 Å². The Morgan fingerprint density at radius 2 is 1.96 bits per heavy atom. The van der Waals surface area contributed by atoms with E-state index in [4.69, 9.17) is 9.52 Å². The molecule has 25 heavy (non-hydrogen) atoms. The highest BCUT2D eigenvalue weighted by molar-refractivity contribution is 6.38. The number of guanidine groups is 1. The first kappa shape index (κ1) is 13.8. The first-order valence-electron chi connectivity index (χ1n) is 7.78. The second-order valence-electron chi connectivity index (χ2n) is 5.65. The molecule has 0 aliphatic carbocycles. The van der Waals surface area contributed by atoms with Gasteiger partial charge in [-0.3, -0.25) is 4.99 Å².